The minimum atomic E-state index is -0.239. The van der Waals surface area contributed by atoms with E-state index in [1.807, 2.05) is 30.0 Å². The molecule has 0 bridgehead atoms. The minimum Gasteiger partial charge on any atom is -0.342 e. The van der Waals surface area contributed by atoms with Crippen LogP contribution in [-0.4, -0.2) is 29.7 Å². The van der Waals surface area contributed by atoms with Gasteiger partial charge in [-0.1, -0.05) is 31.0 Å². The maximum Gasteiger partial charge on any atom is 0.230 e. The number of likely N-dealkylation sites (tertiary alicyclic amines) is 1. The molecule has 1 amide bonds. The van der Waals surface area contributed by atoms with Crippen LogP contribution in [0.4, 0.5) is 0 Å². The van der Waals surface area contributed by atoms with Gasteiger partial charge in [0.2, 0.25) is 5.91 Å². The highest BCUT2D eigenvalue weighted by atomic mass is 16.2. The van der Waals surface area contributed by atoms with Crippen LogP contribution in [0.15, 0.2) is 18.2 Å². The van der Waals surface area contributed by atoms with Crippen LogP contribution in [0.25, 0.3) is 0 Å². The fraction of sp³-hybridized carbons (Fsp3) is 0.529. The number of ketones is 1. The molecular weight excluding hydrogens is 250 g/mol. The summed E-state index contributed by atoms with van der Waals surface area (Å²) >= 11 is 0. The number of fused-ring (bicyclic) bond motifs is 1. The average Bonchev–Trinajstić information content (AvgIpc) is 2.65. The Morgan fingerprint density at radius 2 is 1.85 bits per heavy atom. The van der Waals surface area contributed by atoms with Gasteiger partial charge in [0, 0.05) is 25.1 Å². The standard InChI is InChI=1S/C17H21NO2/c1-12-7-6-8-13-15(19)11-14(16(12)13)17(20)18-9-4-2-3-5-10-18/h6-8,14H,2-5,9-11H2,1H3. The van der Waals surface area contributed by atoms with Gasteiger partial charge in [0.1, 0.15) is 0 Å². The number of carbonyl (C=O) groups excluding carboxylic acids is 2. The summed E-state index contributed by atoms with van der Waals surface area (Å²) in [6, 6.07) is 5.77. The molecule has 0 radical (unpaired) electrons. The molecule has 0 aromatic heterocycles. The number of carbonyl (C=O) groups is 2. The number of benzene rings is 1. The van der Waals surface area contributed by atoms with E-state index in [4.69, 9.17) is 0 Å². The van der Waals surface area contributed by atoms with E-state index in [-0.39, 0.29) is 17.6 Å². The van der Waals surface area contributed by atoms with E-state index < -0.39 is 0 Å². The van der Waals surface area contributed by atoms with Crippen molar-refractivity contribution in [2.45, 2.75) is 44.9 Å². The molecule has 0 spiro atoms. The van der Waals surface area contributed by atoms with Gasteiger partial charge in [0.25, 0.3) is 0 Å². The first kappa shape index (κ1) is 13.3. The minimum absolute atomic E-state index is 0.122. The maximum atomic E-state index is 12.8. The third kappa shape index (κ3) is 2.26. The van der Waals surface area contributed by atoms with Gasteiger partial charge in [0.15, 0.2) is 5.78 Å². The molecule has 3 heteroatoms. The number of Topliss-reactive ketones (excluding diaryl/α,β-unsaturated/α-hetero) is 1. The maximum absolute atomic E-state index is 12.8. The summed E-state index contributed by atoms with van der Waals surface area (Å²) < 4.78 is 0. The van der Waals surface area contributed by atoms with E-state index in [9.17, 15) is 9.59 Å². The summed E-state index contributed by atoms with van der Waals surface area (Å²) in [5.41, 5.74) is 2.81. The molecule has 106 valence electrons. The highest BCUT2D eigenvalue weighted by molar-refractivity contribution is 6.07. The number of nitrogens with zero attached hydrogens (tertiary/aromatic N) is 1. The van der Waals surface area contributed by atoms with Gasteiger partial charge < -0.3 is 4.90 Å². The smallest absolute Gasteiger partial charge is 0.230 e. The Morgan fingerprint density at radius 3 is 2.55 bits per heavy atom. The van der Waals surface area contributed by atoms with Crippen molar-refractivity contribution in [3.8, 4) is 0 Å². The highest BCUT2D eigenvalue weighted by Crippen LogP contribution is 2.37. The molecule has 1 saturated heterocycles. The molecule has 3 rings (SSSR count). The summed E-state index contributed by atoms with van der Waals surface area (Å²) in [6.45, 7) is 3.70. The van der Waals surface area contributed by atoms with Crippen LogP contribution in [0.2, 0.25) is 0 Å². The Morgan fingerprint density at radius 1 is 1.15 bits per heavy atom. The molecule has 0 saturated carbocycles. The number of aryl methyl sites for hydroxylation is 1. The zero-order valence-electron chi connectivity index (χ0n) is 12.0. The van der Waals surface area contributed by atoms with E-state index in [0.717, 1.165) is 42.6 Å². The molecule has 1 heterocycles. The Labute approximate surface area is 120 Å². The second-order valence-corrected chi connectivity index (χ2v) is 5.96. The van der Waals surface area contributed by atoms with Crippen molar-refractivity contribution in [2.75, 3.05) is 13.1 Å². The Bertz CT molecular complexity index is 542. The van der Waals surface area contributed by atoms with Gasteiger partial charge in [-0.05, 0) is 30.9 Å². The number of hydrogen-bond donors (Lipinski definition) is 0. The van der Waals surface area contributed by atoms with Crippen molar-refractivity contribution < 1.29 is 9.59 Å². The summed E-state index contributed by atoms with van der Waals surface area (Å²) in [6.07, 6.45) is 4.96. The predicted octanol–water partition coefficient (Wildman–Crippen LogP) is 3.07. The van der Waals surface area contributed by atoms with Gasteiger partial charge in [-0.2, -0.15) is 0 Å². The molecule has 1 aliphatic carbocycles. The zero-order valence-corrected chi connectivity index (χ0v) is 12.0. The second-order valence-electron chi connectivity index (χ2n) is 5.96. The molecule has 1 fully saturated rings. The number of hydrogen-bond acceptors (Lipinski definition) is 2. The lowest BCUT2D eigenvalue weighted by atomic mass is 9.95. The van der Waals surface area contributed by atoms with Crippen LogP contribution < -0.4 is 0 Å². The van der Waals surface area contributed by atoms with Crippen molar-refractivity contribution in [3.63, 3.8) is 0 Å². The molecule has 3 nitrogen and oxygen atoms in total. The average molecular weight is 271 g/mol. The molecule has 1 aromatic rings. The summed E-state index contributed by atoms with van der Waals surface area (Å²) in [4.78, 5) is 26.9. The van der Waals surface area contributed by atoms with Crippen molar-refractivity contribution in [1.82, 2.24) is 4.90 Å². The van der Waals surface area contributed by atoms with Gasteiger partial charge in [-0.3, -0.25) is 9.59 Å². The van der Waals surface area contributed by atoms with Gasteiger partial charge in [-0.15, -0.1) is 0 Å². The molecule has 1 unspecified atom stereocenters. The van der Waals surface area contributed by atoms with Crippen molar-refractivity contribution >= 4 is 11.7 Å². The lowest BCUT2D eigenvalue weighted by Gasteiger charge is -2.24. The lowest BCUT2D eigenvalue weighted by molar-refractivity contribution is -0.132. The SMILES string of the molecule is Cc1cccc2c1C(C(=O)N1CCCCCC1)CC2=O. The second kappa shape index (κ2) is 5.39. The number of amides is 1. The van der Waals surface area contributed by atoms with E-state index >= 15 is 0 Å². The third-order valence-electron chi connectivity index (χ3n) is 4.58. The summed E-state index contributed by atoms with van der Waals surface area (Å²) in [5, 5.41) is 0. The molecule has 1 aromatic carbocycles. The van der Waals surface area contributed by atoms with E-state index in [1.165, 1.54) is 12.8 Å². The Kier molecular flexibility index (Phi) is 3.60. The highest BCUT2D eigenvalue weighted by Gasteiger charge is 2.37. The first-order valence-corrected chi connectivity index (χ1v) is 7.60. The van der Waals surface area contributed by atoms with Crippen LogP contribution in [0.3, 0.4) is 0 Å². The normalized spacial score (nSPS) is 22.6. The van der Waals surface area contributed by atoms with Crippen LogP contribution in [0.5, 0.6) is 0 Å². The van der Waals surface area contributed by atoms with E-state index in [0.29, 0.717) is 6.42 Å². The zero-order chi connectivity index (χ0) is 14.1. The van der Waals surface area contributed by atoms with Crippen LogP contribution in [0.1, 0.15) is 59.5 Å². The Balaban J connectivity index is 1.89. The van der Waals surface area contributed by atoms with Crippen molar-refractivity contribution in [2.24, 2.45) is 0 Å². The molecule has 20 heavy (non-hydrogen) atoms. The summed E-state index contributed by atoms with van der Waals surface area (Å²) in [7, 11) is 0. The topological polar surface area (TPSA) is 37.4 Å². The van der Waals surface area contributed by atoms with Crippen LogP contribution in [0, 0.1) is 6.92 Å². The van der Waals surface area contributed by atoms with Gasteiger partial charge in [-0.25, -0.2) is 0 Å². The van der Waals surface area contributed by atoms with Crippen LogP contribution in [-0.2, 0) is 4.79 Å². The Hall–Kier alpha value is -1.64. The lowest BCUT2D eigenvalue weighted by Crippen LogP contribution is -2.35. The van der Waals surface area contributed by atoms with Gasteiger partial charge >= 0.3 is 0 Å². The van der Waals surface area contributed by atoms with Crippen molar-refractivity contribution in [3.05, 3.63) is 34.9 Å². The van der Waals surface area contributed by atoms with Gasteiger partial charge in [0.05, 0.1) is 5.92 Å². The quantitative estimate of drug-likeness (QED) is 0.787. The molecule has 1 atom stereocenters. The largest absolute Gasteiger partial charge is 0.342 e. The monoisotopic (exact) mass is 271 g/mol. The third-order valence-corrected chi connectivity index (χ3v) is 4.58. The van der Waals surface area contributed by atoms with Crippen molar-refractivity contribution in [1.29, 1.82) is 0 Å². The van der Waals surface area contributed by atoms with Crippen LogP contribution >= 0.6 is 0 Å². The first-order chi connectivity index (χ1) is 9.68. The fourth-order valence-corrected chi connectivity index (χ4v) is 3.51. The molecule has 0 N–H and O–H groups in total. The first-order valence-electron chi connectivity index (χ1n) is 7.60. The predicted molar refractivity (Wildman–Crippen MR) is 77.9 cm³/mol. The summed E-state index contributed by atoms with van der Waals surface area (Å²) in [5.74, 6) is 0.0435. The molecule has 1 aliphatic heterocycles. The van der Waals surface area contributed by atoms with E-state index in [2.05, 4.69) is 0 Å². The fourth-order valence-electron chi connectivity index (χ4n) is 3.51. The molecular formula is C17H21NO2. The number of rotatable bonds is 1. The van der Waals surface area contributed by atoms with E-state index in [1.54, 1.807) is 0 Å². The molecule has 2 aliphatic rings.